The normalized spacial score (nSPS) is 15.2. The third kappa shape index (κ3) is 3.59. The van der Waals surface area contributed by atoms with Crippen molar-refractivity contribution in [3.63, 3.8) is 0 Å². The Kier molecular flexibility index (Phi) is 5.25. The molecule has 0 aliphatic carbocycles. The second-order valence-corrected chi connectivity index (χ2v) is 7.49. The summed E-state index contributed by atoms with van der Waals surface area (Å²) < 4.78 is 12.3. The van der Waals surface area contributed by atoms with Crippen molar-refractivity contribution in [3.8, 4) is 11.4 Å². The fraction of sp³-hybridized carbons (Fsp3) is 0.524. The average Bonchev–Trinajstić information content (AvgIpc) is 3.33. The summed E-state index contributed by atoms with van der Waals surface area (Å²) in [7, 11) is 0. The van der Waals surface area contributed by atoms with E-state index < -0.39 is 0 Å². The van der Waals surface area contributed by atoms with Crippen molar-refractivity contribution >= 4 is 17.4 Å². The predicted octanol–water partition coefficient (Wildman–Crippen LogP) is 3.34. The van der Waals surface area contributed by atoms with Gasteiger partial charge in [-0.3, -0.25) is 4.79 Å². The van der Waals surface area contributed by atoms with Crippen molar-refractivity contribution in [2.45, 2.75) is 47.0 Å². The number of aryl methyl sites for hydroxylation is 2. The van der Waals surface area contributed by atoms with E-state index in [2.05, 4.69) is 17.0 Å². The van der Waals surface area contributed by atoms with Crippen molar-refractivity contribution < 1.29 is 14.1 Å². The number of esters is 1. The molecule has 8 nitrogen and oxygen atoms in total. The fourth-order valence-electron chi connectivity index (χ4n) is 4.07. The van der Waals surface area contributed by atoms with Gasteiger partial charge >= 0.3 is 5.97 Å². The summed E-state index contributed by atoms with van der Waals surface area (Å²) in [6, 6.07) is 3.82. The van der Waals surface area contributed by atoms with Crippen LogP contribution in [0.3, 0.4) is 0 Å². The molecule has 0 aromatic carbocycles. The molecular weight excluding hydrogens is 370 g/mol. The molecule has 0 unspecified atom stereocenters. The zero-order chi connectivity index (χ0) is 20.5. The Labute approximate surface area is 169 Å². The molecule has 8 heteroatoms. The monoisotopic (exact) mass is 397 g/mol. The first-order chi connectivity index (χ1) is 14.0. The van der Waals surface area contributed by atoms with Crippen molar-refractivity contribution in [1.29, 1.82) is 0 Å². The van der Waals surface area contributed by atoms with E-state index in [1.807, 2.05) is 37.4 Å². The molecule has 0 saturated carbocycles. The first-order valence-corrected chi connectivity index (χ1v) is 10.3. The number of anilines is 1. The Hall–Kier alpha value is -2.90. The minimum atomic E-state index is -0.0818. The summed E-state index contributed by atoms with van der Waals surface area (Å²) in [5.41, 5.74) is 4.42. The van der Waals surface area contributed by atoms with Gasteiger partial charge in [0.15, 0.2) is 5.65 Å². The number of hydrogen-bond donors (Lipinski definition) is 0. The molecule has 3 aromatic heterocycles. The van der Waals surface area contributed by atoms with Crippen molar-refractivity contribution in [1.82, 2.24) is 19.8 Å². The summed E-state index contributed by atoms with van der Waals surface area (Å²) >= 11 is 0. The van der Waals surface area contributed by atoms with Crippen LogP contribution in [0.4, 0.5) is 5.82 Å². The van der Waals surface area contributed by atoms with E-state index in [-0.39, 0.29) is 11.9 Å². The van der Waals surface area contributed by atoms with Gasteiger partial charge in [0.05, 0.1) is 12.5 Å². The van der Waals surface area contributed by atoms with Gasteiger partial charge in [-0.1, -0.05) is 12.1 Å². The van der Waals surface area contributed by atoms with Crippen LogP contribution in [-0.2, 0) is 16.0 Å². The van der Waals surface area contributed by atoms with Gasteiger partial charge in [0.1, 0.15) is 23.0 Å². The first kappa shape index (κ1) is 19.4. The lowest BCUT2D eigenvalue weighted by Gasteiger charge is -2.34. The van der Waals surface area contributed by atoms with E-state index in [9.17, 15) is 4.79 Å². The topological polar surface area (TPSA) is 85.8 Å². The van der Waals surface area contributed by atoms with Crippen molar-refractivity contribution in [3.05, 3.63) is 29.2 Å². The maximum absolute atomic E-state index is 12.1. The Morgan fingerprint density at radius 3 is 2.59 bits per heavy atom. The van der Waals surface area contributed by atoms with E-state index in [1.54, 1.807) is 0 Å². The summed E-state index contributed by atoms with van der Waals surface area (Å²) in [5, 5.41) is 8.89. The molecule has 0 N–H and O–H groups in total. The Morgan fingerprint density at radius 1 is 1.21 bits per heavy atom. The van der Waals surface area contributed by atoms with E-state index in [0.29, 0.717) is 12.3 Å². The zero-order valence-electron chi connectivity index (χ0n) is 17.4. The highest BCUT2D eigenvalue weighted by molar-refractivity contribution is 5.73. The van der Waals surface area contributed by atoms with E-state index in [0.717, 1.165) is 61.0 Å². The highest BCUT2D eigenvalue weighted by atomic mass is 16.5. The number of fused-ring (bicyclic) bond motifs is 1. The lowest BCUT2D eigenvalue weighted by Crippen LogP contribution is -2.38. The zero-order valence-corrected chi connectivity index (χ0v) is 17.4. The summed E-state index contributed by atoms with van der Waals surface area (Å²) in [5.74, 6) is 1.70. The van der Waals surface area contributed by atoms with Gasteiger partial charge in [0, 0.05) is 36.5 Å². The van der Waals surface area contributed by atoms with Crippen LogP contribution >= 0.6 is 0 Å². The minimum Gasteiger partial charge on any atom is -0.466 e. The lowest BCUT2D eigenvalue weighted by molar-refractivity contribution is -0.148. The highest BCUT2D eigenvalue weighted by Crippen LogP contribution is 2.31. The molecule has 0 bridgehead atoms. The number of carbonyl (C=O) groups is 1. The summed E-state index contributed by atoms with van der Waals surface area (Å²) in [6.07, 6.45) is 2.42. The molecule has 154 valence electrons. The molecular formula is C21H27N5O3. The van der Waals surface area contributed by atoms with Crippen LogP contribution in [0.2, 0.25) is 0 Å². The van der Waals surface area contributed by atoms with Gasteiger partial charge < -0.3 is 14.2 Å². The van der Waals surface area contributed by atoms with Gasteiger partial charge in [-0.05, 0) is 40.0 Å². The van der Waals surface area contributed by atoms with Crippen LogP contribution < -0.4 is 4.90 Å². The standard InChI is InChI=1S/C21H27N5O3/c1-5-16-14(4)22-19-12-17(18-11-13(3)29-24-18)23-26(19)20(16)25-9-7-15(8-10-25)21(27)28-6-2/h11-12,15H,5-10H2,1-4H3. The molecule has 3 aromatic rings. The number of carbonyl (C=O) groups excluding carboxylic acids is 1. The molecule has 1 saturated heterocycles. The summed E-state index contributed by atoms with van der Waals surface area (Å²) in [4.78, 5) is 19.2. The molecule has 4 rings (SSSR count). The number of ether oxygens (including phenoxy) is 1. The van der Waals surface area contributed by atoms with Gasteiger partial charge in [0.25, 0.3) is 0 Å². The molecule has 1 aliphatic rings. The van der Waals surface area contributed by atoms with Crippen molar-refractivity contribution in [2.24, 2.45) is 5.92 Å². The maximum Gasteiger partial charge on any atom is 0.309 e. The van der Waals surface area contributed by atoms with Gasteiger partial charge in [0.2, 0.25) is 0 Å². The first-order valence-electron chi connectivity index (χ1n) is 10.3. The van der Waals surface area contributed by atoms with Gasteiger partial charge in [-0.2, -0.15) is 9.61 Å². The number of rotatable bonds is 5. The number of piperidine rings is 1. The molecule has 0 atom stereocenters. The molecule has 29 heavy (non-hydrogen) atoms. The quantitative estimate of drug-likeness (QED) is 0.610. The van der Waals surface area contributed by atoms with Crippen LogP contribution in [0, 0.1) is 19.8 Å². The van der Waals surface area contributed by atoms with Crippen molar-refractivity contribution in [2.75, 3.05) is 24.6 Å². The highest BCUT2D eigenvalue weighted by Gasteiger charge is 2.29. The third-order valence-corrected chi connectivity index (χ3v) is 5.54. The van der Waals surface area contributed by atoms with Crippen LogP contribution in [-0.4, -0.2) is 45.4 Å². The smallest absolute Gasteiger partial charge is 0.309 e. The van der Waals surface area contributed by atoms with Crippen LogP contribution in [0.1, 0.15) is 43.7 Å². The third-order valence-electron chi connectivity index (χ3n) is 5.54. The Morgan fingerprint density at radius 2 is 1.97 bits per heavy atom. The molecule has 1 aliphatic heterocycles. The molecule has 1 fully saturated rings. The molecule has 0 radical (unpaired) electrons. The largest absolute Gasteiger partial charge is 0.466 e. The molecule has 0 spiro atoms. The fourth-order valence-corrected chi connectivity index (χ4v) is 4.07. The van der Waals surface area contributed by atoms with E-state index >= 15 is 0 Å². The predicted molar refractivity (Wildman–Crippen MR) is 109 cm³/mol. The molecule has 0 amide bonds. The number of nitrogens with zero attached hydrogens (tertiary/aromatic N) is 5. The van der Waals surface area contributed by atoms with Crippen LogP contribution in [0.5, 0.6) is 0 Å². The van der Waals surface area contributed by atoms with Crippen LogP contribution in [0.25, 0.3) is 17.0 Å². The average molecular weight is 397 g/mol. The van der Waals surface area contributed by atoms with Crippen LogP contribution in [0.15, 0.2) is 16.7 Å². The Bertz CT molecular complexity index is 1030. The lowest BCUT2D eigenvalue weighted by atomic mass is 9.96. The number of aromatic nitrogens is 4. The molecule has 4 heterocycles. The van der Waals surface area contributed by atoms with E-state index in [1.165, 1.54) is 5.56 Å². The van der Waals surface area contributed by atoms with Gasteiger partial charge in [-0.15, -0.1) is 0 Å². The second kappa shape index (κ2) is 7.85. The van der Waals surface area contributed by atoms with Gasteiger partial charge in [-0.25, -0.2) is 4.98 Å². The second-order valence-electron chi connectivity index (χ2n) is 7.49. The van der Waals surface area contributed by atoms with E-state index in [4.69, 9.17) is 19.3 Å². The SMILES string of the molecule is CCOC(=O)C1CCN(c2c(CC)c(C)nc3cc(-c4cc(C)on4)nn23)CC1. The minimum absolute atomic E-state index is 0.0269. The number of hydrogen-bond acceptors (Lipinski definition) is 7. The summed E-state index contributed by atoms with van der Waals surface area (Å²) in [6.45, 7) is 9.89. The maximum atomic E-state index is 12.1. The Balaban J connectivity index is 1.71.